The van der Waals surface area contributed by atoms with E-state index < -0.39 is 102 Å². The number of rotatable bonds is 13. The Labute approximate surface area is 515 Å². The Kier molecular flexibility index (Phi) is 34.0. The zero-order valence-electron chi connectivity index (χ0n) is 45.3. The lowest BCUT2D eigenvalue weighted by Crippen LogP contribution is -2.40. The maximum Gasteiger partial charge on any atom is 0.523 e. The summed E-state index contributed by atoms with van der Waals surface area (Å²) < 4.78 is 271. The molecule has 87 heavy (non-hydrogen) atoms. The van der Waals surface area contributed by atoms with Crippen molar-refractivity contribution in [1.29, 1.82) is 0 Å². The number of anilines is 2. The number of carbonyl (C=O) groups excluding carboxylic acids is 1. The quantitative estimate of drug-likeness (QED) is 0.0661. The molecule has 2 saturated heterocycles. The van der Waals surface area contributed by atoms with E-state index in [1.165, 1.54) is 42.5 Å². The fraction of sp³-hybridized carbons (Fsp3) is 0.500. The Hall–Kier alpha value is -4.97. The Bertz CT molecular complexity index is 2820. The summed E-state index contributed by atoms with van der Waals surface area (Å²) in [5, 5.41) is 11.6. The number of nitrogens with zero attached hydrogens (tertiary/aromatic N) is 2. The number of aromatic hydroxyl groups is 1. The molecule has 0 unspecified atom stereocenters. The van der Waals surface area contributed by atoms with Crippen molar-refractivity contribution < 1.29 is 125 Å². The van der Waals surface area contributed by atoms with Crippen molar-refractivity contribution in [2.24, 2.45) is 17.6 Å². The minimum Gasteiger partial charge on any atom is -0.507 e. The normalized spacial score (nSPS) is 14.3. The molecule has 0 saturated carbocycles. The van der Waals surface area contributed by atoms with Gasteiger partial charge in [-0.05, 0) is 145 Å². The van der Waals surface area contributed by atoms with Gasteiger partial charge in [0.15, 0.2) is 26.4 Å². The number of alkyl halides is 15. The molecule has 4 N–H and O–H groups in total. The van der Waals surface area contributed by atoms with Crippen LogP contribution in [0.1, 0.15) is 46.5 Å². The third kappa shape index (κ3) is 34.5. The predicted molar refractivity (Wildman–Crippen MR) is 292 cm³/mol. The van der Waals surface area contributed by atoms with Gasteiger partial charge in [-0.25, -0.2) is 22.4 Å². The van der Waals surface area contributed by atoms with E-state index in [0.717, 1.165) is 56.0 Å². The molecule has 4 aromatic rings. The number of hydrogen-bond acceptors (Lipinski definition) is 12. The van der Waals surface area contributed by atoms with Crippen LogP contribution in [0.2, 0.25) is 0 Å². The van der Waals surface area contributed by atoms with Crippen LogP contribution in [0.3, 0.4) is 0 Å². The molecule has 37 heteroatoms. The van der Waals surface area contributed by atoms with Gasteiger partial charge in [0.25, 0.3) is 0 Å². The number of nitrogens with two attached hydrogens (primary N) is 1. The zero-order valence-corrected chi connectivity index (χ0v) is 51.0. The summed E-state index contributed by atoms with van der Waals surface area (Å²) in [5.74, 6) is -2.13. The highest BCUT2D eigenvalue weighted by Gasteiger charge is 2.49. The Balaban J connectivity index is 0.00000111. The van der Waals surface area contributed by atoms with Gasteiger partial charge in [-0.1, -0.05) is 0 Å². The molecule has 1 amide bonds. The third-order valence-electron chi connectivity index (χ3n) is 10.7. The lowest BCUT2D eigenvalue weighted by Gasteiger charge is -2.34. The molecular formula is C50H57Br2Cl2F19N4O9S. The lowest BCUT2D eigenvalue weighted by atomic mass is 9.96. The number of ether oxygens (including phenoxy) is 4. The molecule has 2 fully saturated rings. The lowest BCUT2D eigenvalue weighted by molar-refractivity contribution is -0.156. The minimum atomic E-state index is -6.15. The maximum atomic E-state index is 13.5. The van der Waals surface area contributed by atoms with Gasteiger partial charge in [-0.3, -0.25) is 4.18 Å². The first-order valence-electron chi connectivity index (χ1n) is 24.3. The van der Waals surface area contributed by atoms with Crippen LogP contribution in [-0.2, 0) is 19.0 Å². The van der Waals surface area contributed by atoms with Crippen LogP contribution in [0.15, 0.2) is 81.7 Å². The van der Waals surface area contributed by atoms with Gasteiger partial charge in [-0.15, -0.1) is 24.8 Å². The standard InChI is InChI=1S/C19H26F4N2O3.C14H18F4N2O.C8H5BrF4O.C6H4BrFO.C3H2F6O3S.2ClH/c1-18(2,3)28-17(26)24-11-13-6-8-25(9-7-13)15-5-4-14(20)10-16(15)27-12-19(21,22)23;15-11-1-2-12(13(7-11)21-9-14(16,17)18)20-5-3-10(8-19)4-6-20;9-6-2-1-5(10)3-7(6)14-4-8(11,12)13;7-5-2-1-4(8)3-6(5)9;4-2(5,6)1-12-13(10,11)3(7,8)9;;/h4-5,10,13H,6-9,11-12H2,1-3H3,(H,24,26);1-2,7,10H,3-6,8-9,19H2;1-3H,4H2;1-3,9H;1H2;2*1H. The van der Waals surface area contributed by atoms with E-state index in [0.29, 0.717) is 61.0 Å². The fourth-order valence-electron chi connectivity index (χ4n) is 6.82. The highest BCUT2D eigenvalue weighted by atomic mass is 79.9. The number of phenols is 1. The van der Waals surface area contributed by atoms with Crippen LogP contribution in [-0.4, -0.2) is 121 Å². The summed E-state index contributed by atoms with van der Waals surface area (Å²) in [4.78, 5) is 15.5. The molecule has 6 rings (SSSR count). The van der Waals surface area contributed by atoms with Crippen molar-refractivity contribution >= 4 is 84.3 Å². The van der Waals surface area contributed by atoms with Crippen molar-refractivity contribution in [3.63, 3.8) is 0 Å². The second-order valence-corrected chi connectivity index (χ2v) is 22.2. The molecule has 0 aromatic heterocycles. The average molecular weight is 1480 g/mol. The van der Waals surface area contributed by atoms with E-state index in [4.69, 9.17) is 25.1 Å². The van der Waals surface area contributed by atoms with Crippen LogP contribution >= 0.6 is 56.7 Å². The first kappa shape index (κ1) is 82.0. The van der Waals surface area contributed by atoms with Gasteiger partial charge >= 0.3 is 46.4 Å². The van der Waals surface area contributed by atoms with Gasteiger partial charge in [0.2, 0.25) is 0 Å². The van der Waals surface area contributed by atoms with Crippen LogP contribution in [0.5, 0.6) is 23.0 Å². The Morgan fingerprint density at radius 3 is 1.25 bits per heavy atom. The molecule has 2 aliphatic rings. The molecular weight excluding hydrogens is 1420 g/mol. The number of nitrogens with one attached hydrogen (secondary N) is 1. The number of piperidine rings is 2. The number of hydrogen-bond donors (Lipinski definition) is 3. The van der Waals surface area contributed by atoms with Crippen molar-refractivity contribution in [2.45, 2.75) is 82.3 Å². The monoisotopic (exact) mass is 1480 g/mol. The SMILES string of the molecule is CC(C)(C)OC(=O)NCC1CCN(c2ccc(F)cc2OCC(F)(F)F)CC1.Cl.Cl.Fc1ccc(Br)c(OCC(F)(F)F)c1.NCC1CCN(c2ccc(F)cc2OCC(F)(F)F)CC1.O=S(=O)(OCC(F)(F)F)C(F)(F)F.Oc1cc(F)ccc1Br. The molecule has 0 bridgehead atoms. The number of alkyl carbamates (subject to hydrolysis) is 1. The van der Waals surface area contributed by atoms with Crippen molar-refractivity contribution in [3.05, 3.63) is 105 Å². The van der Waals surface area contributed by atoms with Crippen molar-refractivity contribution in [1.82, 2.24) is 5.32 Å². The van der Waals surface area contributed by atoms with Gasteiger partial charge in [0.1, 0.15) is 51.9 Å². The number of benzene rings is 4. The zero-order chi connectivity index (χ0) is 64.9. The Morgan fingerprint density at radius 1 is 0.563 bits per heavy atom. The third-order valence-corrected chi connectivity index (χ3v) is 13.0. The van der Waals surface area contributed by atoms with E-state index in [-0.39, 0.29) is 58.2 Å². The minimum absolute atomic E-state index is 0. The van der Waals surface area contributed by atoms with E-state index in [1.807, 2.05) is 9.80 Å². The first-order valence-corrected chi connectivity index (χ1v) is 27.3. The summed E-state index contributed by atoms with van der Waals surface area (Å²) in [6, 6.07) is 14.3. The summed E-state index contributed by atoms with van der Waals surface area (Å²) >= 11 is 5.95. The molecule has 13 nitrogen and oxygen atoms in total. The molecule has 4 aromatic carbocycles. The van der Waals surface area contributed by atoms with Gasteiger partial charge in [-0.2, -0.15) is 74.3 Å². The molecule has 0 atom stereocenters. The highest BCUT2D eigenvalue weighted by molar-refractivity contribution is 9.11. The fourth-order valence-corrected chi connectivity index (χ4v) is 7.85. The maximum absolute atomic E-state index is 13.5. The Morgan fingerprint density at radius 2 is 0.908 bits per heavy atom. The van der Waals surface area contributed by atoms with Crippen LogP contribution in [0, 0.1) is 35.1 Å². The number of carbonyl (C=O) groups is 1. The molecule has 2 aliphatic heterocycles. The second kappa shape index (κ2) is 36.0. The molecule has 0 radical (unpaired) electrons. The summed E-state index contributed by atoms with van der Waals surface area (Å²) in [7, 11) is -6.15. The summed E-state index contributed by atoms with van der Waals surface area (Å²) in [5.41, 5.74) is 0.144. The van der Waals surface area contributed by atoms with Crippen molar-refractivity contribution in [2.75, 3.05) is 75.5 Å². The van der Waals surface area contributed by atoms with Crippen LogP contribution < -0.4 is 35.1 Å². The number of amides is 1. The van der Waals surface area contributed by atoms with Crippen LogP contribution in [0.25, 0.3) is 0 Å². The second-order valence-electron chi connectivity index (χ2n) is 18.9. The van der Waals surface area contributed by atoms with E-state index >= 15 is 0 Å². The van der Waals surface area contributed by atoms with Crippen molar-refractivity contribution in [3.8, 4) is 23.0 Å². The van der Waals surface area contributed by atoms with E-state index in [9.17, 15) is 96.6 Å². The number of phenolic OH excluding ortho intramolecular Hbond substituents is 1. The van der Waals surface area contributed by atoms with Gasteiger partial charge in [0.05, 0.1) is 20.3 Å². The predicted octanol–water partition coefficient (Wildman–Crippen LogP) is 15.5. The molecule has 2 heterocycles. The van der Waals surface area contributed by atoms with E-state index in [2.05, 4.69) is 46.1 Å². The average Bonchev–Trinajstić information content (AvgIpc) is 3.51. The van der Waals surface area contributed by atoms with E-state index in [1.54, 1.807) is 20.8 Å². The summed E-state index contributed by atoms with van der Waals surface area (Å²) in [6.07, 6.45) is -15.8. The number of halogens is 23. The van der Waals surface area contributed by atoms with Gasteiger partial charge < -0.3 is 44.9 Å². The topological polar surface area (TPSA) is 162 Å². The molecule has 498 valence electrons. The smallest absolute Gasteiger partial charge is 0.507 e. The van der Waals surface area contributed by atoms with Crippen LogP contribution in [0.4, 0.5) is 99.6 Å². The highest BCUT2D eigenvalue weighted by Crippen LogP contribution is 2.36. The van der Waals surface area contributed by atoms with Gasteiger partial charge in [0, 0.05) is 57.0 Å². The molecule has 0 aliphatic carbocycles. The largest absolute Gasteiger partial charge is 0.523 e. The molecule has 0 spiro atoms. The summed E-state index contributed by atoms with van der Waals surface area (Å²) in [6.45, 7) is 2.07. The first-order chi connectivity index (χ1) is 38.9.